The monoisotopic (exact) mass is 247 g/mol. The molecular weight excluding hydrogens is 239 g/mol. The van der Waals surface area contributed by atoms with Crippen LogP contribution >= 0.6 is 0 Å². The molecule has 1 heterocycles. The number of carbonyl (C=O) groups is 2. The van der Waals surface area contributed by atoms with Crippen molar-refractivity contribution in [3.8, 4) is 0 Å². The zero-order chi connectivity index (χ0) is 13.1. The first-order chi connectivity index (χ1) is 7.80. The second-order valence-electron chi connectivity index (χ2n) is 3.13. The molecule has 0 spiro atoms. The third-order valence-corrected chi connectivity index (χ3v) is 1.80. The molecule has 0 aromatic carbocycles. The number of carbonyl (C=O) groups excluding carboxylic acids is 2. The largest absolute Gasteiger partial charge is 0.417 e. The van der Waals surface area contributed by atoms with Gasteiger partial charge in [-0.25, -0.2) is 0 Å². The van der Waals surface area contributed by atoms with Gasteiger partial charge in [-0.3, -0.25) is 14.6 Å². The van der Waals surface area contributed by atoms with Gasteiger partial charge in [0, 0.05) is 18.9 Å². The molecule has 0 radical (unpaired) electrons. The molecule has 8 heteroatoms. The molecule has 5 nitrogen and oxygen atoms in total. The highest BCUT2D eigenvalue weighted by atomic mass is 19.4. The standard InChI is InChI=1S/C9H8F3N3O2/c10-9(11,12)6-1-5(2-14-4-6)3-15-8(17)7(13)16/h1-2,4H,3H2,(H2,13,16)(H,15,17). The van der Waals surface area contributed by atoms with Gasteiger partial charge >= 0.3 is 18.0 Å². The van der Waals surface area contributed by atoms with Crippen LogP contribution in [0, 0.1) is 0 Å². The van der Waals surface area contributed by atoms with Crippen LogP contribution in [0.5, 0.6) is 0 Å². The molecule has 1 rings (SSSR count). The molecule has 0 saturated carbocycles. The smallest absolute Gasteiger partial charge is 0.361 e. The minimum Gasteiger partial charge on any atom is -0.361 e. The molecule has 1 aromatic heterocycles. The summed E-state index contributed by atoms with van der Waals surface area (Å²) >= 11 is 0. The summed E-state index contributed by atoms with van der Waals surface area (Å²) in [6, 6.07) is 0.828. The summed E-state index contributed by atoms with van der Waals surface area (Å²) in [5.74, 6) is -2.27. The highest BCUT2D eigenvalue weighted by Crippen LogP contribution is 2.28. The van der Waals surface area contributed by atoms with Crippen LogP contribution < -0.4 is 11.1 Å². The lowest BCUT2D eigenvalue weighted by Gasteiger charge is -2.08. The fourth-order valence-corrected chi connectivity index (χ4v) is 1.01. The lowest BCUT2D eigenvalue weighted by molar-refractivity contribution is -0.138. The normalized spacial score (nSPS) is 11.0. The Morgan fingerprint density at radius 2 is 2.00 bits per heavy atom. The average Bonchev–Trinajstić information content (AvgIpc) is 2.25. The number of nitrogens with zero attached hydrogens (tertiary/aromatic N) is 1. The summed E-state index contributed by atoms with van der Waals surface area (Å²) in [5, 5.41) is 2.06. The number of hydrogen-bond acceptors (Lipinski definition) is 3. The highest BCUT2D eigenvalue weighted by molar-refractivity contribution is 6.34. The Morgan fingerprint density at radius 3 is 2.53 bits per heavy atom. The van der Waals surface area contributed by atoms with E-state index in [1.165, 1.54) is 0 Å². The molecule has 0 aliphatic rings. The Balaban J connectivity index is 2.73. The summed E-state index contributed by atoms with van der Waals surface area (Å²) in [6.07, 6.45) is -2.69. The number of nitrogens with one attached hydrogen (secondary N) is 1. The van der Waals surface area contributed by atoms with Gasteiger partial charge in [0.1, 0.15) is 0 Å². The van der Waals surface area contributed by atoms with E-state index in [4.69, 9.17) is 0 Å². The third-order valence-electron chi connectivity index (χ3n) is 1.80. The topological polar surface area (TPSA) is 85.1 Å². The molecule has 92 valence electrons. The van der Waals surface area contributed by atoms with Crippen LogP contribution in [0.4, 0.5) is 13.2 Å². The van der Waals surface area contributed by atoms with E-state index < -0.39 is 23.6 Å². The van der Waals surface area contributed by atoms with Crippen molar-refractivity contribution in [1.82, 2.24) is 10.3 Å². The van der Waals surface area contributed by atoms with Crippen LogP contribution in [-0.4, -0.2) is 16.8 Å². The van der Waals surface area contributed by atoms with Gasteiger partial charge in [-0.2, -0.15) is 13.2 Å². The minimum atomic E-state index is -4.50. The molecule has 3 N–H and O–H groups in total. The first-order valence-electron chi connectivity index (χ1n) is 4.39. The first kappa shape index (κ1) is 12.9. The van der Waals surface area contributed by atoms with Gasteiger partial charge in [0.05, 0.1) is 5.56 Å². The number of aromatic nitrogens is 1. The molecule has 0 bridgehead atoms. The van der Waals surface area contributed by atoms with Crippen molar-refractivity contribution in [1.29, 1.82) is 0 Å². The Kier molecular flexibility index (Phi) is 3.66. The number of nitrogens with two attached hydrogens (primary N) is 1. The van der Waals surface area contributed by atoms with Crippen molar-refractivity contribution in [2.45, 2.75) is 12.7 Å². The van der Waals surface area contributed by atoms with Crippen LogP contribution in [0.15, 0.2) is 18.5 Å². The zero-order valence-electron chi connectivity index (χ0n) is 8.41. The van der Waals surface area contributed by atoms with E-state index in [0.29, 0.717) is 6.20 Å². The van der Waals surface area contributed by atoms with Crippen molar-refractivity contribution >= 4 is 11.8 Å². The molecule has 0 fully saturated rings. The number of halogens is 3. The molecule has 0 aliphatic heterocycles. The van der Waals surface area contributed by atoms with E-state index in [1.54, 1.807) is 0 Å². The van der Waals surface area contributed by atoms with Crippen LogP contribution in [0.3, 0.4) is 0 Å². The second-order valence-corrected chi connectivity index (χ2v) is 3.13. The van der Waals surface area contributed by atoms with E-state index >= 15 is 0 Å². The average molecular weight is 247 g/mol. The van der Waals surface area contributed by atoms with Gasteiger partial charge in [0.15, 0.2) is 0 Å². The molecule has 0 unspecified atom stereocenters. The van der Waals surface area contributed by atoms with E-state index in [9.17, 15) is 22.8 Å². The Bertz CT molecular complexity index is 445. The summed E-state index contributed by atoms with van der Waals surface area (Å²) < 4.78 is 36.9. The van der Waals surface area contributed by atoms with Crippen molar-refractivity contribution in [3.63, 3.8) is 0 Å². The fraction of sp³-hybridized carbons (Fsp3) is 0.222. The van der Waals surface area contributed by atoms with Crippen molar-refractivity contribution in [2.75, 3.05) is 0 Å². The van der Waals surface area contributed by atoms with Gasteiger partial charge in [0.25, 0.3) is 0 Å². The maximum atomic E-state index is 12.3. The Labute approximate surface area is 93.8 Å². The van der Waals surface area contributed by atoms with Gasteiger partial charge in [-0.15, -0.1) is 0 Å². The van der Waals surface area contributed by atoms with Gasteiger partial charge in [-0.1, -0.05) is 0 Å². The first-order valence-corrected chi connectivity index (χ1v) is 4.39. The van der Waals surface area contributed by atoms with E-state index in [2.05, 4.69) is 16.0 Å². The number of rotatable bonds is 2. The van der Waals surface area contributed by atoms with E-state index in [-0.39, 0.29) is 12.1 Å². The molecule has 0 atom stereocenters. The van der Waals surface area contributed by atoms with E-state index in [0.717, 1.165) is 12.3 Å². The lowest BCUT2D eigenvalue weighted by atomic mass is 10.2. The number of hydrogen-bond donors (Lipinski definition) is 2. The molecule has 17 heavy (non-hydrogen) atoms. The van der Waals surface area contributed by atoms with Gasteiger partial charge in [-0.05, 0) is 11.6 Å². The number of pyridine rings is 1. The molecule has 0 aliphatic carbocycles. The fourth-order valence-electron chi connectivity index (χ4n) is 1.01. The molecular formula is C9H8F3N3O2. The number of alkyl halides is 3. The van der Waals surface area contributed by atoms with Crippen molar-refractivity contribution in [3.05, 3.63) is 29.6 Å². The molecule has 0 saturated heterocycles. The number of amides is 2. The zero-order valence-corrected chi connectivity index (χ0v) is 8.41. The predicted octanol–water partition coefficient (Wildman–Crippen LogP) is 0.202. The summed E-state index contributed by atoms with van der Waals surface area (Å²) in [5.41, 5.74) is 3.85. The molecule has 1 aromatic rings. The Hall–Kier alpha value is -2.12. The lowest BCUT2D eigenvalue weighted by Crippen LogP contribution is -2.35. The summed E-state index contributed by atoms with van der Waals surface area (Å²) in [6.45, 7) is -0.251. The SMILES string of the molecule is NC(=O)C(=O)NCc1cncc(C(F)(F)F)c1. The predicted molar refractivity (Wildman–Crippen MR) is 50.3 cm³/mol. The van der Waals surface area contributed by atoms with E-state index in [1.807, 2.05) is 0 Å². The van der Waals surface area contributed by atoms with Crippen LogP contribution in [0.2, 0.25) is 0 Å². The molecule has 2 amide bonds. The van der Waals surface area contributed by atoms with Gasteiger partial charge in [0.2, 0.25) is 0 Å². The Morgan fingerprint density at radius 1 is 1.35 bits per heavy atom. The third kappa shape index (κ3) is 3.74. The van der Waals surface area contributed by atoms with Crippen LogP contribution in [0.1, 0.15) is 11.1 Å². The summed E-state index contributed by atoms with van der Waals surface area (Å²) in [7, 11) is 0. The van der Waals surface area contributed by atoms with Gasteiger partial charge < -0.3 is 11.1 Å². The second kappa shape index (κ2) is 4.81. The van der Waals surface area contributed by atoms with Crippen molar-refractivity contribution in [2.24, 2.45) is 5.73 Å². The van der Waals surface area contributed by atoms with Crippen molar-refractivity contribution < 1.29 is 22.8 Å². The maximum absolute atomic E-state index is 12.3. The highest BCUT2D eigenvalue weighted by Gasteiger charge is 2.30. The minimum absolute atomic E-state index is 0.120. The maximum Gasteiger partial charge on any atom is 0.417 e. The summed E-state index contributed by atoms with van der Waals surface area (Å²) in [4.78, 5) is 24.5. The van der Waals surface area contributed by atoms with Crippen LogP contribution in [0.25, 0.3) is 0 Å². The number of primary amides is 1. The quantitative estimate of drug-likeness (QED) is 0.732. The van der Waals surface area contributed by atoms with Crippen LogP contribution in [-0.2, 0) is 22.3 Å².